The van der Waals surface area contributed by atoms with Gasteiger partial charge in [0.15, 0.2) is 5.78 Å². The highest BCUT2D eigenvalue weighted by molar-refractivity contribution is 6.30. The van der Waals surface area contributed by atoms with Crippen molar-refractivity contribution in [2.45, 2.75) is 6.61 Å². The van der Waals surface area contributed by atoms with Crippen LogP contribution in [0.25, 0.3) is 21.9 Å². The van der Waals surface area contributed by atoms with Crippen molar-refractivity contribution in [3.8, 4) is 11.1 Å². The fourth-order valence-electron chi connectivity index (χ4n) is 3.06. The van der Waals surface area contributed by atoms with Crippen molar-refractivity contribution in [2.24, 2.45) is 0 Å². The predicted octanol–water partition coefficient (Wildman–Crippen LogP) is 4.87. The van der Waals surface area contributed by atoms with Crippen LogP contribution >= 0.6 is 11.6 Å². The van der Waals surface area contributed by atoms with Gasteiger partial charge >= 0.3 is 0 Å². The van der Waals surface area contributed by atoms with Crippen LogP contribution in [0.5, 0.6) is 0 Å². The lowest BCUT2D eigenvalue weighted by atomic mass is 9.88. The van der Waals surface area contributed by atoms with Gasteiger partial charge < -0.3 is 4.74 Å². The Morgan fingerprint density at radius 1 is 0.955 bits per heavy atom. The number of fused-ring (bicyclic) bond motifs is 2. The van der Waals surface area contributed by atoms with Crippen molar-refractivity contribution in [3.05, 3.63) is 70.7 Å². The molecule has 0 aromatic heterocycles. The molecular weight excluding hydrogens is 296 g/mol. The number of carbonyl (C=O) groups is 1. The van der Waals surface area contributed by atoms with E-state index in [0.29, 0.717) is 11.6 Å². The van der Waals surface area contributed by atoms with E-state index in [2.05, 4.69) is 6.07 Å². The average Bonchev–Trinajstić information content (AvgIpc) is 2.55. The summed E-state index contributed by atoms with van der Waals surface area (Å²) < 4.78 is 5.47. The molecular formula is C19H13ClO2. The van der Waals surface area contributed by atoms with Gasteiger partial charge in [-0.1, -0.05) is 48.0 Å². The van der Waals surface area contributed by atoms with Crippen molar-refractivity contribution >= 4 is 28.2 Å². The molecule has 1 heterocycles. The summed E-state index contributed by atoms with van der Waals surface area (Å²) in [7, 11) is 0. The minimum atomic E-state index is 0.0437. The minimum Gasteiger partial charge on any atom is -0.369 e. The molecule has 1 aliphatic rings. The van der Waals surface area contributed by atoms with Crippen LogP contribution in [0.4, 0.5) is 0 Å². The molecule has 1 aliphatic heterocycles. The van der Waals surface area contributed by atoms with Gasteiger partial charge in [-0.3, -0.25) is 4.79 Å². The van der Waals surface area contributed by atoms with Crippen molar-refractivity contribution in [2.75, 3.05) is 6.61 Å². The molecule has 0 N–H and O–H groups in total. The summed E-state index contributed by atoms with van der Waals surface area (Å²) in [6.45, 7) is 0.620. The average molecular weight is 309 g/mol. The highest BCUT2D eigenvalue weighted by Gasteiger charge is 2.23. The Morgan fingerprint density at radius 3 is 2.55 bits per heavy atom. The van der Waals surface area contributed by atoms with Crippen LogP contribution in [0.15, 0.2) is 54.6 Å². The van der Waals surface area contributed by atoms with Crippen molar-refractivity contribution in [3.63, 3.8) is 0 Å². The lowest BCUT2D eigenvalue weighted by Crippen LogP contribution is -2.19. The van der Waals surface area contributed by atoms with E-state index in [-0.39, 0.29) is 12.4 Å². The largest absolute Gasteiger partial charge is 0.369 e. The molecule has 4 rings (SSSR count). The molecule has 0 saturated heterocycles. The summed E-state index contributed by atoms with van der Waals surface area (Å²) in [5.74, 6) is 0.0437. The van der Waals surface area contributed by atoms with Crippen LogP contribution in [-0.4, -0.2) is 12.4 Å². The van der Waals surface area contributed by atoms with Crippen LogP contribution in [0.2, 0.25) is 5.02 Å². The van der Waals surface area contributed by atoms with Crippen molar-refractivity contribution < 1.29 is 9.53 Å². The third kappa shape index (κ3) is 2.12. The first kappa shape index (κ1) is 13.5. The molecule has 2 nitrogen and oxygen atoms in total. The minimum absolute atomic E-state index is 0.0437. The zero-order chi connectivity index (χ0) is 15.1. The van der Waals surface area contributed by atoms with Crippen LogP contribution in [0.1, 0.15) is 15.9 Å². The molecule has 0 bridgehead atoms. The first-order valence-electron chi connectivity index (χ1n) is 7.15. The Kier molecular flexibility index (Phi) is 3.21. The fourth-order valence-corrected chi connectivity index (χ4v) is 3.18. The van der Waals surface area contributed by atoms with Gasteiger partial charge in [0.1, 0.15) is 6.61 Å². The first-order chi connectivity index (χ1) is 10.7. The summed E-state index contributed by atoms with van der Waals surface area (Å²) in [6, 6.07) is 17.8. The normalized spacial score (nSPS) is 14.1. The number of ketones is 1. The van der Waals surface area contributed by atoms with Crippen molar-refractivity contribution in [1.82, 2.24) is 0 Å². The van der Waals surface area contributed by atoms with Gasteiger partial charge in [-0.05, 0) is 45.7 Å². The summed E-state index contributed by atoms with van der Waals surface area (Å²) in [5, 5.41) is 2.90. The van der Waals surface area contributed by atoms with Crippen LogP contribution in [0, 0.1) is 0 Å². The summed E-state index contributed by atoms with van der Waals surface area (Å²) in [5.41, 5.74) is 3.86. The number of hydrogen-bond donors (Lipinski definition) is 0. The van der Waals surface area contributed by atoms with E-state index in [1.807, 2.05) is 48.5 Å². The number of rotatable bonds is 1. The molecule has 22 heavy (non-hydrogen) atoms. The molecule has 0 atom stereocenters. The van der Waals surface area contributed by atoms with E-state index >= 15 is 0 Å². The van der Waals surface area contributed by atoms with E-state index in [0.717, 1.165) is 33.0 Å². The molecule has 3 aromatic rings. The van der Waals surface area contributed by atoms with Gasteiger partial charge in [-0.2, -0.15) is 0 Å². The molecule has 0 saturated carbocycles. The van der Waals surface area contributed by atoms with Gasteiger partial charge in [0.2, 0.25) is 0 Å². The lowest BCUT2D eigenvalue weighted by Gasteiger charge is -2.21. The number of hydrogen-bond acceptors (Lipinski definition) is 2. The molecule has 0 aliphatic carbocycles. The van der Waals surface area contributed by atoms with Crippen LogP contribution in [0.3, 0.4) is 0 Å². The number of benzene rings is 3. The fraction of sp³-hybridized carbons (Fsp3) is 0.105. The number of halogens is 1. The van der Waals surface area contributed by atoms with Crippen LogP contribution < -0.4 is 0 Å². The topological polar surface area (TPSA) is 26.3 Å². The van der Waals surface area contributed by atoms with E-state index in [4.69, 9.17) is 16.3 Å². The zero-order valence-electron chi connectivity index (χ0n) is 11.8. The maximum absolute atomic E-state index is 12.2. The molecule has 0 spiro atoms. The summed E-state index contributed by atoms with van der Waals surface area (Å²) in [4.78, 5) is 12.2. The molecule has 108 valence electrons. The summed E-state index contributed by atoms with van der Waals surface area (Å²) >= 11 is 6.01. The Hall–Kier alpha value is -2.16. The highest BCUT2D eigenvalue weighted by atomic mass is 35.5. The second-order valence-corrected chi connectivity index (χ2v) is 5.86. The van der Waals surface area contributed by atoms with E-state index in [1.165, 1.54) is 0 Å². The Balaban J connectivity index is 2.10. The highest BCUT2D eigenvalue weighted by Crippen LogP contribution is 2.37. The maximum Gasteiger partial charge on any atom is 0.188 e. The molecule has 3 heteroatoms. The van der Waals surface area contributed by atoms with E-state index in [1.54, 1.807) is 0 Å². The maximum atomic E-state index is 12.2. The SMILES string of the molecule is O=C1COCc2c1cc1ccccc1c2-c1ccc(Cl)cc1. The Labute approximate surface area is 133 Å². The van der Waals surface area contributed by atoms with Gasteiger partial charge in [0.25, 0.3) is 0 Å². The zero-order valence-corrected chi connectivity index (χ0v) is 12.6. The molecule has 0 fully saturated rings. The molecule has 0 unspecified atom stereocenters. The van der Waals surface area contributed by atoms with Gasteiger partial charge in [-0.15, -0.1) is 0 Å². The third-order valence-corrected chi connectivity index (χ3v) is 4.32. The van der Waals surface area contributed by atoms with Crippen LogP contribution in [-0.2, 0) is 11.3 Å². The Bertz CT molecular complexity index is 882. The summed E-state index contributed by atoms with van der Waals surface area (Å²) in [6.07, 6.45) is 0. The van der Waals surface area contributed by atoms with Gasteiger partial charge in [0, 0.05) is 10.6 Å². The number of Topliss-reactive ketones (excluding diaryl/α,β-unsaturated/α-hetero) is 1. The number of ether oxygens (including phenoxy) is 1. The van der Waals surface area contributed by atoms with Gasteiger partial charge in [0.05, 0.1) is 6.61 Å². The molecule has 0 amide bonds. The Morgan fingerprint density at radius 2 is 1.73 bits per heavy atom. The first-order valence-corrected chi connectivity index (χ1v) is 7.53. The van der Waals surface area contributed by atoms with E-state index < -0.39 is 0 Å². The molecule has 3 aromatic carbocycles. The lowest BCUT2D eigenvalue weighted by molar-refractivity contribution is 0.0667. The molecule has 0 radical (unpaired) electrons. The second-order valence-electron chi connectivity index (χ2n) is 5.42. The third-order valence-electron chi connectivity index (χ3n) is 4.07. The smallest absolute Gasteiger partial charge is 0.188 e. The van der Waals surface area contributed by atoms with Crippen molar-refractivity contribution in [1.29, 1.82) is 0 Å². The predicted molar refractivity (Wildman–Crippen MR) is 88.4 cm³/mol. The van der Waals surface area contributed by atoms with E-state index in [9.17, 15) is 4.79 Å². The number of carbonyl (C=O) groups excluding carboxylic acids is 1. The monoisotopic (exact) mass is 308 g/mol. The van der Waals surface area contributed by atoms with Gasteiger partial charge in [-0.25, -0.2) is 0 Å². The second kappa shape index (κ2) is 5.24. The standard InChI is InChI=1S/C19H13ClO2/c20-14-7-5-12(6-8-14)19-15-4-2-1-3-13(15)9-16-17(19)10-22-11-18(16)21/h1-9H,10-11H2. The quantitative estimate of drug-likeness (QED) is 0.641.